The fourth-order valence-corrected chi connectivity index (χ4v) is 4.26. The molecule has 3 aromatic rings. The molecule has 0 aliphatic heterocycles. The Hall–Kier alpha value is -5.31. The van der Waals surface area contributed by atoms with Gasteiger partial charge in [0.05, 0.1) is 24.0 Å². The number of benzene rings is 2. The van der Waals surface area contributed by atoms with Crippen LogP contribution >= 0.6 is 0 Å². The van der Waals surface area contributed by atoms with E-state index in [0.29, 0.717) is 12.0 Å². The number of nitriles is 1. The maximum atomic E-state index is 15.1. The SMILES string of the molecule is CCC(=O)c1ccc(F)c([C@@H]2C[C@@H]2NC(=O)Nc2ccc(C#N)cn2)c1OCOC(=O)CCC(=O)OCc1ccccc1. The number of halogens is 1. The first-order valence-electron chi connectivity index (χ1n) is 13.6. The van der Waals surface area contributed by atoms with Crippen molar-refractivity contribution in [2.45, 2.75) is 51.2 Å². The van der Waals surface area contributed by atoms with Crippen molar-refractivity contribution >= 4 is 29.6 Å². The molecule has 0 spiro atoms. The number of hydrogen-bond donors (Lipinski definition) is 2. The number of anilines is 1. The highest BCUT2D eigenvalue weighted by atomic mass is 19.1. The minimum Gasteiger partial charge on any atom is -0.461 e. The van der Waals surface area contributed by atoms with Crippen LogP contribution in [0.15, 0.2) is 60.8 Å². The fourth-order valence-electron chi connectivity index (χ4n) is 4.26. The van der Waals surface area contributed by atoms with Crippen molar-refractivity contribution in [3.05, 3.63) is 88.9 Å². The molecule has 1 fully saturated rings. The topological polar surface area (TPSA) is 157 Å². The Bertz CT molecular complexity index is 1520. The number of carbonyl (C=O) groups excluding carboxylic acids is 4. The average molecular weight is 589 g/mol. The predicted octanol–water partition coefficient (Wildman–Crippen LogP) is 4.77. The van der Waals surface area contributed by atoms with Crippen LogP contribution in [-0.4, -0.2) is 41.6 Å². The first-order chi connectivity index (χ1) is 20.8. The van der Waals surface area contributed by atoms with Gasteiger partial charge in [-0.2, -0.15) is 5.26 Å². The van der Waals surface area contributed by atoms with Crippen LogP contribution in [0.3, 0.4) is 0 Å². The molecule has 1 saturated carbocycles. The summed E-state index contributed by atoms with van der Waals surface area (Å²) in [6, 6.07) is 15.4. The Morgan fingerprint density at radius 1 is 1.02 bits per heavy atom. The maximum Gasteiger partial charge on any atom is 0.320 e. The zero-order chi connectivity index (χ0) is 30.8. The number of urea groups is 1. The molecule has 2 atom stereocenters. The second-order valence-corrected chi connectivity index (χ2v) is 9.63. The lowest BCUT2D eigenvalue weighted by Crippen LogP contribution is -2.31. The van der Waals surface area contributed by atoms with Gasteiger partial charge in [-0.1, -0.05) is 37.3 Å². The number of amides is 2. The predicted molar refractivity (Wildman–Crippen MR) is 150 cm³/mol. The van der Waals surface area contributed by atoms with Gasteiger partial charge in [-0.05, 0) is 36.2 Å². The van der Waals surface area contributed by atoms with Crippen molar-refractivity contribution in [3.8, 4) is 11.8 Å². The number of esters is 2. The highest BCUT2D eigenvalue weighted by Gasteiger charge is 2.44. The Balaban J connectivity index is 1.33. The van der Waals surface area contributed by atoms with Gasteiger partial charge in [0.2, 0.25) is 6.79 Å². The quantitative estimate of drug-likeness (QED) is 0.163. The monoisotopic (exact) mass is 588 g/mol. The van der Waals surface area contributed by atoms with E-state index in [2.05, 4.69) is 15.6 Å². The summed E-state index contributed by atoms with van der Waals surface area (Å²) < 4.78 is 31.0. The van der Waals surface area contributed by atoms with Crippen LogP contribution < -0.4 is 15.4 Å². The zero-order valence-electron chi connectivity index (χ0n) is 23.3. The van der Waals surface area contributed by atoms with Gasteiger partial charge < -0.3 is 19.5 Å². The minimum absolute atomic E-state index is 0.0645. The van der Waals surface area contributed by atoms with Crippen molar-refractivity contribution in [2.24, 2.45) is 0 Å². The molecule has 0 radical (unpaired) electrons. The number of ketones is 1. The van der Waals surface area contributed by atoms with Crippen LogP contribution in [0.5, 0.6) is 5.75 Å². The van der Waals surface area contributed by atoms with E-state index in [0.717, 1.165) is 11.6 Å². The third-order valence-corrected chi connectivity index (χ3v) is 6.58. The largest absolute Gasteiger partial charge is 0.461 e. The van der Waals surface area contributed by atoms with Crippen LogP contribution in [0.2, 0.25) is 0 Å². The van der Waals surface area contributed by atoms with Gasteiger partial charge in [-0.3, -0.25) is 19.7 Å². The molecule has 2 aromatic carbocycles. The molecule has 4 rings (SSSR count). The lowest BCUT2D eigenvalue weighted by molar-refractivity contribution is -0.155. The Morgan fingerprint density at radius 3 is 2.44 bits per heavy atom. The number of rotatable bonds is 13. The third-order valence-electron chi connectivity index (χ3n) is 6.58. The lowest BCUT2D eigenvalue weighted by atomic mass is 10.00. The van der Waals surface area contributed by atoms with Gasteiger partial charge in [0, 0.05) is 30.1 Å². The number of pyridine rings is 1. The van der Waals surface area contributed by atoms with E-state index < -0.39 is 42.5 Å². The summed E-state index contributed by atoms with van der Waals surface area (Å²) in [5.41, 5.74) is 1.36. The molecule has 0 unspecified atom stereocenters. The summed E-state index contributed by atoms with van der Waals surface area (Å²) in [6.07, 6.45) is 1.35. The molecule has 43 heavy (non-hydrogen) atoms. The second kappa shape index (κ2) is 14.5. The Kier molecular flexibility index (Phi) is 10.4. The Labute approximate surface area is 247 Å². The maximum absolute atomic E-state index is 15.1. The molecule has 1 heterocycles. The Morgan fingerprint density at radius 2 is 1.77 bits per heavy atom. The summed E-state index contributed by atoms with van der Waals surface area (Å²) in [5, 5.41) is 14.1. The molecule has 0 saturated heterocycles. The molecular formula is C31H29FN4O7. The summed E-state index contributed by atoms with van der Waals surface area (Å²) in [5.74, 6) is -2.60. The molecule has 11 nitrogen and oxygen atoms in total. The van der Waals surface area contributed by atoms with Crippen LogP contribution in [0.4, 0.5) is 15.0 Å². The smallest absolute Gasteiger partial charge is 0.320 e. The van der Waals surface area contributed by atoms with Crippen LogP contribution in [0, 0.1) is 17.1 Å². The van der Waals surface area contributed by atoms with E-state index >= 15 is 4.39 Å². The average Bonchev–Trinajstić information content (AvgIpc) is 3.77. The van der Waals surface area contributed by atoms with Gasteiger partial charge in [0.15, 0.2) is 5.78 Å². The normalized spacial score (nSPS) is 15.0. The third kappa shape index (κ3) is 8.59. The zero-order valence-corrected chi connectivity index (χ0v) is 23.3. The fraction of sp³-hybridized carbons (Fsp3) is 0.290. The summed E-state index contributed by atoms with van der Waals surface area (Å²) in [7, 11) is 0. The van der Waals surface area contributed by atoms with Gasteiger partial charge in [0.25, 0.3) is 0 Å². The molecule has 0 bridgehead atoms. The number of carbonyl (C=O) groups is 4. The van der Waals surface area contributed by atoms with Crippen LogP contribution in [0.1, 0.15) is 65.6 Å². The number of aromatic nitrogens is 1. The molecule has 12 heteroatoms. The highest BCUT2D eigenvalue weighted by molar-refractivity contribution is 5.99. The molecule has 1 aliphatic rings. The van der Waals surface area contributed by atoms with E-state index in [-0.39, 0.29) is 54.3 Å². The van der Waals surface area contributed by atoms with Crippen molar-refractivity contribution in [2.75, 3.05) is 12.1 Å². The van der Waals surface area contributed by atoms with Gasteiger partial charge in [0.1, 0.15) is 30.1 Å². The first kappa shape index (κ1) is 30.6. The molecule has 1 aromatic heterocycles. The van der Waals surface area contributed by atoms with Crippen LogP contribution in [0.25, 0.3) is 0 Å². The summed E-state index contributed by atoms with van der Waals surface area (Å²) in [6.45, 7) is 1.11. The van der Waals surface area contributed by atoms with E-state index in [1.54, 1.807) is 19.1 Å². The van der Waals surface area contributed by atoms with Gasteiger partial charge >= 0.3 is 18.0 Å². The molecule has 222 valence electrons. The number of nitrogens with zero attached hydrogens (tertiary/aromatic N) is 2. The number of hydrogen-bond acceptors (Lipinski definition) is 9. The van der Waals surface area contributed by atoms with E-state index in [4.69, 9.17) is 19.5 Å². The second-order valence-electron chi connectivity index (χ2n) is 9.63. The van der Waals surface area contributed by atoms with E-state index in [1.165, 1.54) is 24.4 Å². The van der Waals surface area contributed by atoms with Crippen molar-refractivity contribution in [1.29, 1.82) is 5.26 Å². The lowest BCUT2D eigenvalue weighted by Gasteiger charge is -2.16. The van der Waals surface area contributed by atoms with Crippen molar-refractivity contribution < 1.29 is 37.8 Å². The van der Waals surface area contributed by atoms with Gasteiger partial charge in [-0.15, -0.1) is 0 Å². The number of ether oxygens (including phenoxy) is 3. The minimum atomic E-state index is -0.739. The molecule has 2 amide bonds. The molecular weight excluding hydrogens is 559 g/mol. The van der Waals surface area contributed by atoms with Gasteiger partial charge in [-0.25, -0.2) is 14.2 Å². The molecule has 2 N–H and O–H groups in total. The molecule has 1 aliphatic carbocycles. The van der Waals surface area contributed by atoms with Crippen molar-refractivity contribution in [3.63, 3.8) is 0 Å². The first-order valence-corrected chi connectivity index (χ1v) is 13.6. The highest BCUT2D eigenvalue weighted by Crippen LogP contribution is 2.47. The standard InChI is InChI=1S/C31H29FN4O7/c1-2-25(37)21-9-10-23(32)29(22-14-24(22)35-31(40)36-26-11-8-20(15-33)16-34-26)30(21)43-18-42-28(39)13-12-27(38)41-17-19-6-4-3-5-7-19/h3-11,16,22,24H,2,12-14,17-18H2,1H3,(H2,34,35,36,40)/t22-,24+/m1/s1. The summed E-state index contributed by atoms with van der Waals surface area (Å²) >= 11 is 0. The van der Waals surface area contributed by atoms with E-state index in [1.807, 2.05) is 24.3 Å². The van der Waals surface area contributed by atoms with E-state index in [9.17, 15) is 19.2 Å². The number of Topliss-reactive ketones (excluding diaryl/α,β-unsaturated/α-hetero) is 1. The summed E-state index contributed by atoms with van der Waals surface area (Å²) in [4.78, 5) is 53.3. The van der Waals surface area contributed by atoms with Crippen molar-refractivity contribution in [1.82, 2.24) is 10.3 Å². The van der Waals surface area contributed by atoms with Crippen LogP contribution in [-0.2, 0) is 25.7 Å². The number of nitrogens with one attached hydrogen (secondary N) is 2.